The van der Waals surface area contributed by atoms with Crippen molar-refractivity contribution in [3.63, 3.8) is 0 Å². The maximum atomic E-state index is 5.30. The lowest BCUT2D eigenvalue weighted by molar-refractivity contribution is 1.24. The van der Waals surface area contributed by atoms with E-state index in [0.717, 1.165) is 44.0 Å². The molecule has 0 aliphatic carbocycles. The van der Waals surface area contributed by atoms with Crippen LogP contribution >= 0.6 is 11.3 Å². The zero-order valence-corrected chi connectivity index (χ0v) is 29.4. The summed E-state index contributed by atoms with van der Waals surface area (Å²) in [6.45, 7) is 0. The van der Waals surface area contributed by atoms with Gasteiger partial charge in [-0.2, -0.15) is 0 Å². The van der Waals surface area contributed by atoms with Crippen LogP contribution in [0.3, 0.4) is 0 Å². The number of aromatic nitrogens is 2. The van der Waals surface area contributed by atoms with Crippen molar-refractivity contribution in [1.82, 2.24) is 9.97 Å². The average Bonchev–Trinajstić information content (AvgIpc) is 3.60. The summed E-state index contributed by atoms with van der Waals surface area (Å²) in [4.78, 5) is 10.6. The average molecular weight is 691 g/mol. The van der Waals surface area contributed by atoms with Crippen molar-refractivity contribution in [2.45, 2.75) is 0 Å². The van der Waals surface area contributed by atoms with Gasteiger partial charge in [0.15, 0.2) is 5.82 Å². The zero-order chi connectivity index (χ0) is 34.9. The van der Waals surface area contributed by atoms with Crippen molar-refractivity contribution >= 4 is 74.7 Å². The maximum absolute atomic E-state index is 5.30. The molecule has 0 bridgehead atoms. The van der Waals surface area contributed by atoms with E-state index in [1.54, 1.807) is 11.3 Å². The van der Waals surface area contributed by atoms with Crippen LogP contribution in [0.15, 0.2) is 182 Å². The Hall–Kier alpha value is -6.68. The number of thiophene rings is 1. The van der Waals surface area contributed by atoms with Crippen LogP contribution in [0.2, 0.25) is 0 Å². The third kappa shape index (κ3) is 4.93. The Kier molecular flexibility index (Phi) is 6.76. The van der Waals surface area contributed by atoms with Crippen LogP contribution in [0.1, 0.15) is 0 Å². The molecule has 0 aliphatic rings. The van der Waals surface area contributed by atoms with Gasteiger partial charge in [-0.25, -0.2) is 9.97 Å². The summed E-state index contributed by atoms with van der Waals surface area (Å²) in [6.07, 6.45) is 0. The molecule has 3 heteroatoms. The quantitative estimate of drug-likeness (QED) is 0.172. The number of nitrogens with zero attached hydrogens (tertiary/aromatic N) is 2. The van der Waals surface area contributed by atoms with Gasteiger partial charge in [0, 0.05) is 21.2 Å². The summed E-state index contributed by atoms with van der Waals surface area (Å²) >= 11 is 1.78. The highest BCUT2D eigenvalue weighted by Crippen LogP contribution is 2.42. The fourth-order valence-corrected chi connectivity index (χ4v) is 9.24. The van der Waals surface area contributed by atoms with Crippen LogP contribution in [0, 0.1) is 0 Å². The lowest BCUT2D eigenvalue weighted by Crippen LogP contribution is -1.94. The fraction of sp³-hybridized carbons (Fsp3) is 0. The molecular weight excluding hydrogens is 661 g/mol. The Bertz CT molecular complexity index is 3200. The van der Waals surface area contributed by atoms with Gasteiger partial charge in [0.05, 0.1) is 15.9 Å². The summed E-state index contributed by atoms with van der Waals surface area (Å²) in [5, 5.41) is 11.3. The number of fused-ring (bicyclic) bond motifs is 10. The minimum atomic E-state index is 0.732. The van der Waals surface area contributed by atoms with Gasteiger partial charge < -0.3 is 0 Å². The molecule has 0 spiro atoms. The van der Waals surface area contributed by atoms with Crippen molar-refractivity contribution in [3.8, 4) is 44.9 Å². The first kappa shape index (κ1) is 30.0. The Morgan fingerprint density at radius 2 is 0.830 bits per heavy atom. The second-order valence-electron chi connectivity index (χ2n) is 13.8. The molecule has 11 aromatic rings. The van der Waals surface area contributed by atoms with E-state index >= 15 is 0 Å². The second-order valence-corrected chi connectivity index (χ2v) is 14.8. The topological polar surface area (TPSA) is 25.8 Å². The van der Waals surface area contributed by atoms with E-state index < -0.39 is 0 Å². The standard InChI is InChI=1S/C50H30N2S/c1-2-12-31(13-3-1)47-49-48(45-29-35-14-4-5-15-36(35)30-46(45)53-49)52-50(51-47)38-19-11-18-34(27-38)32-16-10-17-33(26-32)37-24-25-43-41-22-7-6-20-39(41)40-21-8-9-23-42(40)44(43)28-37/h1-30H. The summed E-state index contributed by atoms with van der Waals surface area (Å²) in [7, 11) is 0. The van der Waals surface area contributed by atoms with Gasteiger partial charge >= 0.3 is 0 Å². The highest BCUT2D eigenvalue weighted by Gasteiger charge is 2.18. The first-order valence-corrected chi connectivity index (χ1v) is 18.8. The number of hydrogen-bond acceptors (Lipinski definition) is 3. The molecule has 0 fully saturated rings. The van der Waals surface area contributed by atoms with E-state index in [-0.39, 0.29) is 0 Å². The van der Waals surface area contributed by atoms with Crippen LogP contribution in [-0.4, -0.2) is 9.97 Å². The van der Waals surface area contributed by atoms with Gasteiger partial charge in [-0.3, -0.25) is 0 Å². The largest absolute Gasteiger partial charge is 0.226 e. The number of hydrogen-bond donors (Lipinski definition) is 0. The Morgan fingerprint density at radius 1 is 0.321 bits per heavy atom. The molecule has 0 amide bonds. The molecule has 0 N–H and O–H groups in total. The van der Waals surface area contributed by atoms with Crippen LogP contribution in [0.25, 0.3) is 108 Å². The van der Waals surface area contributed by atoms with Crippen molar-refractivity contribution in [2.75, 3.05) is 0 Å². The lowest BCUT2D eigenvalue weighted by Gasteiger charge is -2.13. The first-order valence-electron chi connectivity index (χ1n) is 18.0. The van der Waals surface area contributed by atoms with Crippen molar-refractivity contribution in [1.29, 1.82) is 0 Å². The van der Waals surface area contributed by atoms with Gasteiger partial charge in [0.1, 0.15) is 0 Å². The second kappa shape index (κ2) is 11.9. The Labute approximate surface area is 310 Å². The molecule has 0 atom stereocenters. The predicted molar refractivity (Wildman–Crippen MR) is 227 cm³/mol. The molecule has 0 saturated carbocycles. The molecule has 0 aliphatic heterocycles. The molecule has 2 aromatic heterocycles. The van der Waals surface area contributed by atoms with Crippen molar-refractivity contribution < 1.29 is 0 Å². The van der Waals surface area contributed by atoms with Crippen molar-refractivity contribution in [2.24, 2.45) is 0 Å². The summed E-state index contributed by atoms with van der Waals surface area (Å²) < 4.78 is 2.34. The summed E-state index contributed by atoms with van der Waals surface area (Å²) in [6, 6.07) is 65.6. The molecule has 9 aromatic carbocycles. The summed E-state index contributed by atoms with van der Waals surface area (Å²) in [5.74, 6) is 0.732. The zero-order valence-electron chi connectivity index (χ0n) is 28.6. The highest BCUT2D eigenvalue weighted by atomic mass is 32.1. The normalized spacial score (nSPS) is 11.8. The minimum absolute atomic E-state index is 0.732. The van der Waals surface area contributed by atoms with E-state index in [2.05, 4.69) is 182 Å². The molecule has 0 unspecified atom stereocenters. The van der Waals surface area contributed by atoms with Gasteiger partial charge in [0.25, 0.3) is 0 Å². The van der Waals surface area contributed by atoms with E-state index in [1.807, 2.05) is 0 Å². The molecule has 53 heavy (non-hydrogen) atoms. The van der Waals surface area contributed by atoms with E-state index in [0.29, 0.717) is 0 Å². The van der Waals surface area contributed by atoms with Crippen LogP contribution in [0.4, 0.5) is 0 Å². The van der Waals surface area contributed by atoms with Crippen molar-refractivity contribution in [3.05, 3.63) is 182 Å². The molecule has 246 valence electrons. The molecular formula is C50H30N2S. The van der Waals surface area contributed by atoms with Gasteiger partial charge in [-0.05, 0) is 95.7 Å². The first-order chi connectivity index (χ1) is 26.2. The molecule has 0 radical (unpaired) electrons. The Balaban J connectivity index is 1.04. The van der Waals surface area contributed by atoms with Crippen LogP contribution < -0.4 is 0 Å². The third-order valence-corrected chi connectivity index (χ3v) is 11.8. The smallest absolute Gasteiger partial charge is 0.160 e. The van der Waals surface area contributed by atoms with Gasteiger partial charge in [-0.1, -0.05) is 152 Å². The van der Waals surface area contributed by atoms with E-state index in [1.165, 1.54) is 64.3 Å². The Morgan fingerprint density at radius 3 is 1.51 bits per heavy atom. The fourth-order valence-electron chi connectivity index (χ4n) is 8.05. The highest BCUT2D eigenvalue weighted by molar-refractivity contribution is 7.26. The molecule has 11 rings (SSSR count). The number of benzene rings is 9. The van der Waals surface area contributed by atoms with E-state index in [9.17, 15) is 0 Å². The molecule has 2 nitrogen and oxygen atoms in total. The molecule has 2 heterocycles. The van der Waals surface area contributed by atoms with E-state index in [4.69, 9.17) is 9.97 Å². The van der Waals surface area contributed by atoms with Gasteiger partial charge in [-0.15, -0.1) is 11.3 Å². The predicted octanol–water partition coefficient (Wildman–Crippen LogP) is 14.1. The third-order valence-electron chi connectivity index (χ3n) is 10.6. The van der Waals surface area contributed by atoms with Crippen LogP contribution in [-0.2, 0) is 0 Å². The lowest BCUT2D eigenvalue weighted by atomic mass is 9.91. The minimum Gasteiger partial charge on any atom is -0.226 e. The SMILES string of the molecule is c1ccc(-c2nc(-c3cccc(-c4cccc(-c5ccc6c7ccccc7c7ccccc7c6c5)c4)c3)nc3c2sc2cc4ccccc4cc23)cc1. The molecule has 0 saturated heterocycles. The maximum Gasteiger partial charge on any atom is 0.160 e. The van der Waals surface area contributed by atoms with Crippen LogP contribution in [0.5, 0.6) is 0 Å². The van der Waals surface area contributed by atoms with Gasteiger partial charge in [0.2, 0.25) is 0 Å². The number of rotatable bonds is 4. The monoisotopic (exact) mass is 690 g/mol. The summed E-state index contributed by atoms with van der Waals surface area (Å²) in [5.41, 5.74) is 8.75.